The molecule has 2 aromatic rings. The Morgan fingerprint density at radius 2 is 1.68 bits per heavy atom. The van der Waals surface area contributed by atoms with Crippen LogP contribution in [0.1, 0.15) is 22.3 Å². The summed E-state index contributed by atoms with van der Waals surface area (Å²) < 4.78 is 5.09. The second kappa shape index (κ2) is 7.78. The Labute approximate surface area is 181 Å². The van der Waals surface area contributed by atoms with Crippen molar-refractivity contribution < 1.29 is 19.1 Å². The van der Waals surface area contributed by atoms with Gasteiger partial charge in [0, 0.05) is 31.5 Å². The largest absolute Gasteiger partial charge is 0.385 e. The fraction of sp³-hybridized carbons (Fsp3) is 0.320. The van der Waals surface area contributed by atoms with Crippen LogP contribution in [0.5, 0.6) is 0 Å². The summed E-state index contributed by atoms with van der Waals surface area (Å²) in [5.74, 6) is -1.81. The third-order valence-corrected chi connectivity index (χ3v) is 6.56. The molecule has 2 amide bonds. The lowest BCUT2D eigenvalue weighted by Gasteiger charge is -2.36. The number of nitrogens with zero attached hydrogens (tertiary/aromatic N) is 2. The van der Waals surface area contributed by atoms with Crippen molar-refractivity contribution in [3.8, 4) is 0 Å². The monoisotopic (exact) mass is 416 g/mol. The molecule has 3 aliphatic rings. The molecule has 158 valence electrons. The first-order valence-corrected chi connectivity index (χ1v) is 10.6. The molecular weight excluding hydrogens is 392 g/mol. The predicted octanol–water partition coefficient (Wildman–Crippen LogP) is 2.79. The number of ketones is 1. The maximum Gasteiger partial charge on any atom is 0.235 e. The minimum absolute atomic E-state index is 0.122. The zero-order valence-electron chi connectivity index (χ0n) is 17.3. The van der Waals surface area contributed by atoms with Gasteiger partial charge in [-0.05, 0) is 18.1 Å². The first-order chi connectivity index (χ1) is 15.1. The number of hydrogen-bond donors (Lipinski definition) is 0. The Bertz CT molecular complexity index is 1060. The van der Waals surface area contributed by atoms with Crippen LogP contribution in [0.2, 0.25) is 0 Å². The third-order valence-electron chi connectivity index (χ3n) is 6.56. The molecule has 31 heavy (non-hydrogen) atoms. The van der Waals surface area contributed by atoms with Gasteiger partial charge in [-0.1, -0.05) is 60.7 Å². The van der Waals surface area contributed by atoms with Crippen molar-refractivity contribution in [2.45, 2.75) is 18.5 Å². The third kappa shape index (κ3) is 3.01. The number of carbonyl (C=O) groups excluding carboxylic acids is 3. The maximum atomic E-state index is 13.7. The van der Waals surface area contributed by atoms with Crippen LogP contribution in [0, 0.1) is 11.8 Å². The van der Waals surface area contributed by atoms with Gasteiger partial charge in [0.05, 0.1) is 17.9 Å². The first kappa shape index (κ1) is 19.7. The summed E-state index contributed by atoms with van der Waals surface area (Å²) in [6.45, 7) is 0.791. The average Bonchev–Trinajstić information content (AvgIpc) is 3.28. The van der Waals surface area contributed by atoms with Gasteiger partial charge < -0.3 is 9.64 Å². The van der Waals surface area contributed by atoms with Gasteiger partial charge in [-0.15, -0.1) is 0 Å². The highest BCUT2D eigenvalue weighted by molar-refractivity contribution is 6.14. The molecular formula is C25H24N2O4. The predicted molar refractivity (Wildman–Crippen MR) is 116 cm³/mol. The fourth-order valence-corrected chi connectivity index (χ4v) is 5.24. The topological polar surface area (TPSA) is 66.9 Å². The molecule has 4 atom stereocenters. The standard InChI is InChI=1S/C25H24N2O4/c1-31-15-7-14-26-24(29)20-19-13-12-16-8-5-6-11-18(16)27(19)22(21(20)25(26)30)23(28)17-9-3-2-4-10-17/h2-6,8-13,19-22H,7,14-15H2,1H3/t19-,20+,21-,22-/m1/s1. The number of amides is 2. The molecule has 6 nitrogen and oxygen atoms in total. The van der Waals surface area contributed by atoms with Crippen LogP contribution in [-0.2, 0) is 14.3 Å². The molecule has 0 aromatic heterocycles. The number of carbonyl (C=O) groups is 3. The van der Waals surface area contributed by atoms with E-state index < -0.39 is 17.9 Å². The fourth-order valence-electron chi connectivity index (χ4n) is 5.24. The number of Topliss-reactive ketones (excluding diaryl/α,β-unsaturated/α-hetero) is 1. The van der Waals surface area contributed by atoms with E-state index in [2.05, 4.69) is 0 Å². The molecule has 3 aliphatic heterocycles. The van der Waals surface area contributed by atoms with Gasteiger partial charge in [0.1, 0.15) is 6.04 Å². The zero-order valence-corrected chi connectivity index (χ0v) is 17.3. The van der Waals surface area contributed by atoms with E-state index in [4.69, 9.17) is 4.74 Å². The molecule has 0 N–H and O–H groups in total. The van der Waals surface area contributed by atoms with E-state index in [0.29, 0.717) is 25.1 Å². The van der Waals surface area contributed by atoms with Gasteiger partial charge in [-0.25, -0.2) is 0 Å². The molecule has 3 heterocycles. The minimum Gasteiger partial charge on any atom is -0.385 e. The van der Waals surface area contributed by atoms with Gasteiger partial charge in [0.25, 0.3) is 0 Å². The summed E-state index contributed by atoms with van der Waals surface area (Å²) in [7, 11) is 1.60. The second-order valence-electron chi connectivity index (χ2n) is 8.22. The van der Waals surface area contributed by atoms with Gasteiger partial charge >= 0.3 is 0 Å². The summed E-state index contributed by atoms with van der Waals surface area (Å²) in [6.07, 6.45) is 4.55. The van der Waals surface area contributed by atoms with E-state index in [1.165, 1.54) is 4.90 Å². The normalized spacial score (nSPS) is 26.1. The van der Waals surface area contributed by atoms with Crippen LogP contribution in [-0.4, -0.2) is 54.8 Å². The van der Waals surface area contributed by atoms with Crippen molar-refractivity contribution in [1.82, 2.24) is 4.90 Å². The molecule has 0 bridgehead atoms. The van der Waals surface area contributed by atoms with E-state index in [1.54, 1.807) is 19.2 Å². The molecule has 5 rings (SSSR count). The van der Waals surface area contributed by atoms with E-state index in [9.17, 15) is 14.4 Å². The molecule has 2 fully saturated rings. The van der Waals surface area contributed by atoms with E-state index in [-0.39, 0.29) is 23.6 Å². The van der Waals surface area contributed by atoms with Crippen LogP contribution in [0.15, 0.2) is 60.7 Å². The highest BCUT2D eigenvalue weighted by atomic mass is 16.5. The summed E-state index contributed by atoms with van der Waals surface area (Å²) >= 11 is 0. The number of para-hydroxylation sites is 1. The molecule has 2 aromatic carbocycles. The Balaban J connectivity index is 1.58. The van der Waals surface area contributed by atoms with E-state index >= 15 is 0 Å². The maximum absolute atomic E-state index is 13.7. The number of ether oxygens (including phenoxy) is 1. The van der Waals surface area contributed by atoms with E-state index in [1.807, 2.05) is 59.5 Å². The van der Waals surface area contributed by atoms with Crippen molar-refractivity contribution in [1.29, 1.82) is 0 Å². The summed E-state index contributed by atoms with van der Waals surface area (Å²) in [6, 6.07) is 15.8. The van der Waals surface area contributed by atoms with Gasteiger partial charge in [0.15, 0.2) is 5.78 Å². The van der Waals surface area contributed by atoms with E-state index in [0.717, 1.165) is 11.3 Å². The highest BCUT2D eigenvalue weighted by Crippen LogP contribution is 2.48. The lowest BCUT2D eigenvalue weighted by molar-refractivity contribution is -0.140. The number of imide groups is 1. The number of hydrogen-bond acceptors (Lipinski definition) is 5. The molecule has 2 saturated heterocycles. The molecule has 0 unspecified atom stereocenters. The summed E-state index contributed by atoms with van der Waals surface area (Å²) in [5, 5.41) is 0. The zero-order chi connectivity index (χ0) is 21.5. The summed E-state index contributed by atoms with van der Waals surface area (Å²) in [5.41, 5.74) is 2.43. The van der Waals surface area contributed by atoms with Gasteiger partial charge in [0.2, 0.25) is 11.8 Å². The Hall–Kier alpha value is -3.25. The number of benzene rings is 2. The molecule has 6 heteroatoms. The molecule has 0 saturated carbocycles. The number of fused-ring (bicyclic) bond motifs is 5. The quantitative estimate of drug-likeness (QED) is 0.412. The summed E-state index contributed by atoms with van der Waals surface area (Å²) in [4.78, 5) is 43.9. The van der Waals surface area contributed by atoms with Crippen molar-refractivity contribution in [2.24, 2.45) is 11.8 Å². The number of rotatable bonds is 6. The Kier molecular flexibility index (Phi) is 4.94. The number of methoxy groups -OCH3 is 1. The van der Waals surface area contributed by atoms with Crippen molar-refractivity contribution in [3.63, 3.8) is 0 Å². The highest BCUT2D eigenvalue weighted by Gasteiger charge is 2.63. The van der Waals surface area contributed by atoms with Gasteiger partial charge in [-0.3, -0.25) is 19.3 Å². The smallest absolute Gasteiger partial charge is 0.235 e. The number of likely N-dealkylation sites (tertiary alicyclic amines) is 1. The minimum atomic E-state index is -0.715. The van der Waals surface area contributed by atoms with Crippen LogP contribution in [0.25, 0.3) is 6.08 Å². The Morgan fingerprint density at radius 3 is 2.45 bits per heavy atom. The van der Waals surface area contributed by atoms with Crippen molar-refractivity contribution in [2.75, 3.05) is 25.2 Å². The van der Waals surface area contributed by atoms with Crippen LogP contribution in [0.3, 0.4) is 0 Å². The van der Waals surface area contributed by atoms with Gasteiger partial charge in [-0.2, -0.15) is 0 Å². The molecule has 0 spiro atoms. The van der Waals surface area contributed by atoms with Crippen LogP contribution in [0.4, 0.5) is 5.69 Å². The molecule has 0 aliphatic carbocycles. The molecule has 0 radical (unpaired) electrons. The van der Waals surface area contributed by atoms with Crippen LogP contribution >= 0.6 is 0 Å². The van der Waals surface area contributed by atoms with Crippen molar-refractivity contribution >= 4 is 29.4 Å². The SMILES string of the molecule is COCCCN1C(=O)[C@@H]2[C@@H](C1=O)[C@H](C(=O)c1ccccc1)N1c3ccccc3C=C[C@H]21. The Morgan fingerprint density at radius 1 is 0.968 bits per heavy atom. The average molecular weight is 416 g/mol. The number of anilines is 1. The lowest BCUT2D eigenvalue weighted by Crippen LogP contribution is -2.48. The first-order valence-electron chi connectivity index (χ1n) is 10.6. The lowest BCUT2D eigenvalue weighted by atomic mass is 9.86. The van der Waals surface area contributed by atoms with Crippen molar-refractivity contribution in [3.05, 3.63) is 71.8 Å². The van der Waals surface area contributed by atoms with Crippen LogP contribution < -0.4 is 4.90 Å². The second-order valence-corrected chi connectivity index (χ2v) is 8.22.